The van der Waals surface area contributed by atoms with E-state index in [1.165, 1.54) is 12.1 Å². The summed E-state index contributed by atoms with van der Waals surface area (Å²) in [6.07, 6.45) is 2.15. The van der Waals surface area contributed by atoms with E-state index in [4.69, 9.17) is 5.73 Å². The fraction of sp³-hybridized carbons (Fsp3) is 0.538. The predicted octanol–water partition coefficient (Wildman–Crippen LogP) is 3.41. The summed E-state index contributed by atoms with van der Waals surface area (Å²) in [6, 6.07) is 4.87. The summed E-state index contributed by atoms with van der Waals surface area (Å²) < 4.78 is 0. The van der Waals surface area contributed by atoms with E-state index in [1.807, 2.05) is 0 Å². The Balaban J connectivity index is 2.75. The first-order valence-electron chi connectivity index (χ1n) is 6.23. The van der Waals surface area contributed by atoms with Gasteiger partial charge in [0.15, 0.2) is 0 Å². The van der Waals surface area contributed by atoms with E-state index in [1.54, 1.807) is 6.07 Å². The van der Waals surface area contributed by atoms with Gasteiger partial charge in [0.25, 0.3) is 5.69 Å². The van der Waals surface area contributed by atoms with E-state index in [0.717, 1.165) is 12.8 Å². The number of non-ortho nitro benzene ring substituents is 1. The SMILES string of the molecule is CCC(C)CC(C)Nc1cc(N)cc([N+](=O)[O-])c1. The number of nitro groups is 1. The highest BCUT2D eigenvalue weighted by Crippen LogP contribution is 2.23. The molecule has 5 heteroatoms. The zero-order valence-electron chi connectivity index (χ0n) is 11.1. The number of anilines is 2. The molecule has 0 amide bonds. The second kappa shape index (κ2) is 6.23. The number of nitrogen functional groups attached to an aromatic ring is 1. The maximum Gasteiger partial charge on any atom is 0.273 e. The topological polar surface area (TPSA) is 81.2 Å². The fourth-order valence-electron chi connectivity index (χ4n) is 1.94. The molecule has 100 valence electrons. The average Bonchev–Trinajstić information content (AvgIpc) is 2.27. The van der Waals surface area contributed by atoms with Gasteiger partial charge < -0.3 is 11.1 Å². The van der Waals surface area contributed by atoms with Crippen LogP contribution in [-0.2, 0) is 0 Å². The molecule has 2 atom stereocenters. The molecule has 0 radical (unpaired) electrons. The zero-order valence-corrected chi connectivity index (χ0v) is 11.1. The van der Waals surface area contributed by atoms with Crippen LogP contribution in [0.25, 0.3) is 0 Å². The minimum absolute atomic E-state index is 0.0215. The van der Waals surface area contributed by atoms with E-state index < -0.39 is 4.92 Å². The standard InChI is InChI=1S/C13H21N3O2/c1-4-9(2)5-10(3)15-12-6-11(14)7-13(8-12)16(17)18/h6-10,15H,4-5,14H2,1-3H3. The third-order valence-electron chi connectivity index (χ3n) is 3.02. The van der Waals surface area contributed by atoms with Gasteiger partial charge in [0.1, 0.15) is 0 Å². The molecule has 0 bridgehead atoms. The number of rotatable bonds is 6. The third kappa shape index (κ3) is 4.24. The molecule has 2 unspecified atom stereocenters. The molecule has 1 aromatic rings. The number of nitrogens with two attached hydrogens (primary N) is 1. The first-order chi connectivity index (χ1) is 8.42. The van der Waals surface area contributed by atoms with Gasteiger partial charge in [-0.05, 0) is 25.3 Å². The van der Waals surface area contributed by atoms with Gasteiger partial charge in [0.05, 0.1) is 4.92 Å². The molecule has 3 N–H and O–H groups in total. The van der Waals surface area contributed by atoms with Gasteiger partial charge in [-0.15, -0.1) is 0 Å². The van der Waals surface area contributed by atoms with Gasteiger partial charge in [0.2, 0.25) is 0 Å². The van der Waals surface area contributed by atoms with Gasteiger partial charge in [-0.25, -0.2) is 0 Å². The lowest BCUT2D eigenvalue weighted by Gasteiger charge is -2.18. The summed E-state index contributed by atoms with van der Waals surface area (Å²) in [6.45, 7) is 6.42. The van der Waals surface area contributed by atoms with Gasteiger partial charge in [0, 0.05) is 29.5 Å². The quantitative estimate of drug-likeness (QED) is 0.461. The number of nitro benzene ring substituents is 1. The number of nitrogens with one attached hydrogen (secondary N) is 1. The van der Waals surface area contributed by atoms with Crippen molar-refractivity contribution in [1.29, 1.82) is 0 Å². The van der Waals surface area contributed by atoms with Crippen LogP contribution >= 0.6 is 0 Å². The lowest BCUT2D eigenvalue weighted by Crippen LogP contribution is -2.18. The second-order valence-electron chi connectivity index (χ2n) is 4.86. The molecule has 0 aliphatic carbocycles. The highest BCUT2D eigenvalue weighted by atomic mass is 16.6. The Kier molecular flexibility index (Phi) is 4.95. The summed E-state index contributed by atoms with van der Waals surface area (Å²) in [5.41, 5.74) is 6.79. The van der Waals surface area contributed by atoms with Crippen molar-refractivity contribution in [2.45, 2.75) is 39.7 Å². The monoisotopic (exact) mass is 251 g/mol. The molecule has 0 spiro atoms. The molecule has 1 rings (SSSR count). The number of hydrogen-bond acceptors (Lipinski definition) is 4. The fourth-order valence-corrected chi connectivity index (χ4v) is 1.94. The van der Waals surface area contributed by atoms with E-state index in [9.17, 15) is 10.1 Å². The van der Waals surface area contributed by atoms with Crippen LogP contribution in [0.3, 0.4) is 0 Å². The Morgan fingerprint density at radius 3 is 2.61 bits per heavy atom. The van der Waals surface area contributed by atoms with E-state index in [2.05, 4.69) is 26.1 Å². The van der Waals surface area contributed by atoms with E-state index in [-0.39, 0.29) is 11.7 Å². The van der Waals surface area contributed by atoms with Crippen LogP contribution in [0.2, 0.25) is 0 Å². The minimum Gasteiger partial charge on any atom is -0.398 e. The molecular weight excluding hydrogens is 230 g/mol. The molecule has 0 fully saturated rings. The third-order valence-corrected chi connectivity index (χ3v) is 3.02. The van der Waals surface area contributed by atoms with Crippen molar-refractivity contribution >= 4 is 17.1 Å². The van der Waals surface area contributed by atoms with Crippen LogP contribution in [-0.4, -0.2) is 11.0 Å². The van der Waals surface area contributed by atoms with Crippen molar-refractivity contribution < 1.29 is 4.92 Å². The molecule has 0 saturated heterocycles. The predicted molar refractivity (Wildman–Crippen MR) is 74.7 cm³/mol. The van der Waals surface area contributed by atoms with Crippen molar-refractivity contribution in [1.82, 2.24) is 0 Å². The normalized spacial score (nSPS) is 13.9. The largest absolute Gasteiger partial charge is 0.398 e. The molecule has 18 heavy (non-hydrogen) atoms. The van der Waals surface area contributed by atoms with E-state index in [0.29, 0.717) is 17.3 Å². The lowest BCUT2D eigenvalue weighted by atomic mass is 10.0. The zero-order chi connectivity index (χ0) is 13.7. The van der Waals surface area contributed by atoms with Crippen molar-refractivity contribution in [3.63, 3.8) is 0 Å². The molecule has 0 aliphatic heterocycles. The summed E-state index contributed by atoms with van der Waals surface area (Å²) in [5.74, 6) is 0.628. The van der Waals surface area contributed by atoms with Crippen LogP contribution in [0.4, 0.5) is 17.1 Å². The smallest absolute Gasteiger partial charge is 0.273 e. The Bertz CT molecular complexity index is 421. The Morgan fingerprint density at radius 2 is 2.06 bits per heavy atom. The maximum atomic E-state index is 10.7. The molecule has 1 aromatic carbocycles. The number of hydrogen-bond donors (Lipinski definition) is 2. The van der Waals surface area contributed by atoms with Crippen molar-refractivity contribution in [2.75, 3.05) is 11.1 Å². The molecule has 0 saturated carbocycles. The van der Waals surface area contributed by atoms with Crippen molar-refractivity contribution in [2.24, 2.45) is 5.92 Å². The number of nitrogens with zero attached hydrogens (tertiary/aromatic N) is 1. The highest BCUT2D eigenvalue weighted by molar-refractivity contribution is 5.61. The molecule has 0 aliphatic rings. The van der Waals surface area contributed by atoms with Gasteiger partial charge >= 0.3 is 0 Å². The highest BCUT2D eigenvalue weighted by Gasteiger charge is 2.11. The summed E-state index contributed by atoms with van der Waals surface area (Å²) >= 11 is 0. The summed E-state index contributed by atoms with van der Waals surface area (Å²) in [4.78, 5) is 10.3. The van der Waals surface area contributed by atoms with Crippen LogP contribution in [0.5, 0.6) is 0 Å². The average molecular weight is 251 g/mol. The van der Waals surface area contributed by atoms with Crippen molar-refractivity contribution in [3.05, 3.63) is 28.3 Å². The Morgan fingerprint density at radius 1 is 1.39 bits per heavy atom. The lowest BCUT2D eigenvalue weighted by molar-refractivity contribution is -0.384. The Hall–Kier alpha value is -1.78. The van der Waals surface area contributed by atoms with Crippen LogP contribution in [0.15, 0.2) is 18.2 Å². The maximum absolute atomic E-state index is 10.7. The number of benzene rings is 1. The minimum atomic E-state index is -0.430. The first kappa shape index (κ1) is 14.3. The van der Waals surface area contributed by atoms with Crippen LogP contribution < -0.4 is 11.1 Å². The van der Waals surface area contributed by atoms with Crippen molar-refractivity contribution in [3.8, 4) is 0 Å². The summed E-state index contributed by atoms with van der Waals surface area (Å²) in [5, 5.41) is 14.0. The van der Waals surface area contributed by atoms with Gasteiger partial charge in [-0.3, -0.25) is 10.1 Å². The summed E-state index contributed by atoms with van der Waals surface area (Å²) in [7, 11) is 0. The molecule has 5 nitrogen and oxygen atoms in total. The van der Waals surface area contributed by atoms with Gasteiger partial charge in [-0.1, -0.05) is 20.3 Å². The molecule has 0 aromatic heterocycles. The molecule has 0 heterocycles. The first-order valence-corrected chi connectivity index (χ1v) is 6.23. The van der Waals surface area contributed by atoms with Crippen LogP contribution in [0.1, 0.15) is 33.6 Å². The molecular formula is C13H21N3O2. The van der Waals surface area contributed by atoms with Crippen LogP contribution in [0, 0.1) is 16.0 Å². The van der Waals surface area contributed by atoms with E-state index >= 15 is 0 Å². The van der Waals surface area contributed by atoms with Gasteiger partial charge in [-0.2, -0.15) is 0 Å². The second-order valence-corrected chi connectivity index (χ2v) is 4.86. The Labute approximate surface area is 108 Å².